The van der Waals surface area contributed by atoms with Crippen LogP contribution in [0, 0.1) is 40.8 Å². The van der Waals surface area contributed by atoms with E-state index in [4.69, 9.17) is 0 Å². The fourth-order valence-corrected chi connectivity index (χ4v) is 6.02. The normalized spacial score (nSPS) is 11.5. The summed E-state index contributed by atoms with van der Waals surface area (Å²) in [6, 6.07) is 0. The van der Waals surface area contributed by atoms with Crippen LogP contribution in [0.5, 0.6) is 0 Å². The molecule has 0 saturated heterocycles. The molecule has 13 heteroatoms. The summed E-state index contributed by atoms with van der Waals surface area (Å²) < 4.78 is 43.6. The molecule has 3 atom stereocenters. The molecule has 0 rings (SSSR count). The maximum absolute atomic E-state index is 10.1. The Bertz CT molecular complexity index is 580. The average Bonchev–Trinajstić information content (AvgIpc) is 3.05. The van der Waals surface area contributed by atoms with Crippen LogP contribution in [-0.4, -0.2) is 19.8 Å². The molecule has 0 aromatic heterocycles. The topological polar surface area (TPSA) is 148 Å². The molecule has 0 aromatic rings. The van der Waals surface area contributed by atoms with Crippen molar-refractivity contribution < 1.29 is 82.8 Å². The van der Waals surface area contributed by atoms with Gasteiger partial charge in [-0.2, -0.15) is 0 Å². The van der Waals surface area contributed by atoms with Gasteiger partial charge in [0.05, 0.1) is 0 Å². The zero-order chi connectivity index (χ0) is 36.2. The van der Waals surface area contributed by atoms with Gasteiger partial charge in [-0.25, -0.2) is 0 Å². The molecule has 49 heavy (non-hydrogen) atoms. The van der Waals surface area contributed by atoms with E-state index in [0.29, 0.717) is 19.8 Å². The molecule has 0 aliphatic carbocycles. The monoisotopic (exact) mass is 886 g/mol. The summed E-state index contributed by atoms with van der Waals surface area (Å²) in [7, 11) is -7.91. The Kier molecular flexibility index (Phi) is 62.7. The minimum Gasteiger partial charge on any atom is -0.566 e. The Morgan fingerprint density at radius 1 is 0.306 bits per heavy atom. The van der Waals surface area contributed by atoms with Crippen LogP contribution >= 0.6 is 24.8 Å². The third kappa shape index (κ3) is 68.0. The summed E-state index contributed by atoms with van der Waals surface area (Å²) in [4.78, 5) is 30.2. The molecule has 9 nitrogen and oxygen atoms in total. The van der Waals surface area contributed by atoms with Crippen molar-refractivity contribution >= 4 is 24.8 Å². The van der Waals surface area contributed by atoms with E-state index in [9.17, 15) is 28.4 Å². The van der Waals surface area contributed by atoms with E-state index in [1.165, 1.54) is 154 Å². The van der Waals surface area contributed by atoms with Crippen molar-refractivity contribution in [2.75, 3.05) is 19.8 Å². The summed E-state index contributed by atoms with van der Waals surface area (Å²) in [6.07, 6.45) is 37.5. The first kappa shape index (κ1) is 57.1. The molecular formula is C36H75NdO9P3+3. The number of hydrogen-bond donors (Lipinski definition) is 0. The zero-order valence-electron chi connectivity index (χ0n) is 31.9. The van der Waals surface area contributed by atoms with Crippen LogP contribution in [0.3, 0.4) is 0 Å². The first-order valence-corrected chi connectivity index (χ1v) is 22.9. The van der Waals surface area contributed by atoms with Crippen LogP contribution in [0.2, 0.25) is 0 Å². The second kappa shape index (κ2) is 53.8. The molecule has 0 heterocycles. The van der Waals surface area contributed by atoms with E-state index in [-0.39, 0.29) is 40.8 Å². The van der Waals surface area contributed by atoms with Crippen molar-refractivity contribution in [2.24, 2.45) is 0 Å². The minimum absolute atomic E-state index is 0. The van der Waals surface area contributed by atoms with Crippen molar-refractivity contribution in [3.05, 3.63) is 0 Å². The second-order valence-corrected chi connectivity index (χ2v) is 14.8. The van der Waals surface area contributed by atoms with E-state index in [1.54, 1.807) is 0 Å². The van der Waals surface area contributed by atoms with Gasteiger partial charge in [0, 0.05) is 0 Å². The molecule has 289 valence electrons. The van der Waals surface area contributed by atoms with E-state index >= 15 is 0 Å². The zero-order valence-corrected chi connectivity index (χ0v) is 37.7. The van der Waals surface area contributed by atoms with Crippen molar-refractivity contribution in [3.63, 3.8) is 0 Å². The third-order valence-electron chi connectivity index (χ3n) is 8.08. The second-order valence-electron chi connectivity index (χ2n) is 12.7. The van der Waals surface area contributed by atoms with Crippen LogP contribution in [0.4, 0.5) is 0 Å². The number of hydrogen-bond acceptors (Lipinski definition) is 9. The molecule has 0 saturated carbocycles. The minimum atomic E-state index is -2.64. The average molecular weight is 889 g/mol. The van der Waals surface area contributed by atoms with Crippen molar-refractivity contribution in [2.45, 2.75) is 213 Å². The predicted molar refractivity (Wildman–Crippen MR) is 196 cm³/mol. The van der Waals surface area contributed by atoms with E-state index in [0.717, 1.165) is 38.5 Å². The molecule has 0 amide bonds. The van der Waals surface area contributed by atoms with E-state index < -0.39 is 24.8 Å². The van der Waals surface area contributed by atoms with Crippen LogP contribution in [0.25, 0.3) is 0 Å². The maximum Gasteiger partial charge on any atom is 3.00 e. The van der Waals surface area contributed by atoms with Crippen molar-refractivity contribution in [1.82, 2.24) is 0 Å². The smallest absolute Gasteiger partial charge is 0.566 e. The molecule has 3 unspecified atom stereocenters. The number of unbranched alkanes of at least 4 members (excludes halogenated alkanes) is 27. The van der Waals surface area contributed by atoms with Crippen LogP contribution in [0.1, 0.15) is 213 Å². The van der Waals surface area contributed by atoms with Crippen LogP contribution < -0.4 is 14.7 Å². The Hall–Kier alpha value is 1.41. The van der Waals surface area contributed by atoms with Gasteiger partial charge in [-0.15, -0.1) is 13.6 Å². The van der Waals surface area contributed by atoms with Gasteiger partial charge in [0.15, 0.2) is 0 Å². The van der Waals surface area contributed by atoms with Gasteiger partial charge in [0.2, 0.25) is 0 Å². The molecule has 1 radical (unpaired) electrons. The summed E-state index contributed by atoms with van der Waals surface area (Å²) in [5.74, 6) is 0. The van der Waals surface area contributed by atoms with Gasteiger partial charge >= 0.3 is 65.6 Å². The van der Waals surface area contributed by atoms with Gasteiger partial charge in [-0.3, -0.25) is 0 Å². The molecule has 0 aliphatic heterocycles. The molecule has 0 spiro atoms. The Morgan fingerprint density at radius 2 is 0.449 bits per heavy atom. The largest absolute Gasteiger partial charge is 3.00 e. The Balaban J connectivity index is -0.000000307. The van der Waals surface area contributed by atoms with Gasteiger partial charge in [-0.05, 0) is 33.0 Å². The molecule has 0 bridgehead atoms. The third-order valence-corrected chi connectivity index (χ3v) is 9.26. The standard InChI is InChI=1S/3C12H25O3P.Nd/c3*1-2-3-4-5-6-7-8-9-10-11-12-15-16(13)14;/h3*2-12H2,1H3;/q;;;+3. The van der Waals surface area contributed by atoms with Crippen molar-refractivity contribution in [3.8, 4) is 0 Å². The van der Waals surface area contributed by atoms with E-state index in [2.05, 4.69) is 34.3 Å². The van der Waals surface area contributed by atoms with Crippen LogP contribution in [0.15, 0.2) is 0 Å². The summed E-state index contributed by atoms with van der Waals surface area (Å²) in [6.45, 7) is 7.77. The molecule has 0 aliphatic rings. The van der Waals surface area contributed by atoms with E-state index in [1.807, 2.05) is 0 Å². The molecule has 0 aromatic carbocycles. The quantitative estimate of drug-likeness (QED) is 0.0443. The molecule has 0 N–H and O–H groups in total. The first-order chi connectivity index (χ1) is 23.3. The summed E-state index contributed by atoms with van der Waals surface area (Å²) >= 11 is 0. The maximum atomic E-state index is 10.1. The fraction of sp³-hybridized carbons (Fsp3) is 1.00. The van der Waals surface area contributed by atoms with Gasteiger partial charge in [0.1, 0.15) is 19.8 Å². The molecule has 0 fully saturated rings. The first-order valence-electron chi connectivity index (χ1n) is 19.6. The SMILES string of the molecule is CCCCCCCCCCCCO[P+](=O)[O-].CCCCCCCCCCCCO[P+](=O)[O-].CCCCCCCCCCCCO[P+](=O)[O-].[Nd+3]. The summed E-state index contributed by atoms with van der Waals surface area (Å²) in [5, 5.41) is 0. The fourth-order valence-electron chi connectivity index (χ4n) is 5.19. The predicted octanol–water partition coefficient (Wildman–Crippen LogP) is 11.8. The van der Waals surface area contributed by atoms with Crippen molar-refractivity contribution in [1.29, 1.82) is 0 Å². The van der Waals surface area contributed by atoms with Crippen LogP contribution in [-0.2, 0) is 27.3 Å². The summed E-state index contributed by atoms with van der Waals surface area (Å²) in [5.41, 5.74) is 0. The van der Waals surface area contributed by atoms with Gasteiger partial charge < -0.3 is 14.7 Å². The Labute approximate surface area is 338 Å². The molecular weight excluding hydrogens is 814 g/mol. The van der Waals surface area contributed by atoms with Gasteiger partial charge in [0.25, 0.3) is 0 Å². The number of rotatable bonds is 36. The Morgan fingerprint density at radius 3 is 0.592 bits per heavy atom. The van der Waals surface area contributed by atoms with Gasteiger partial charge in [-0.1, -0.05) is 194 Å².